The third-order valence-corrected chi connectivity index (χ3v) is 6.19. The summed E-state index contributed by atoms with van der Waals surface area (Å²) in [5.74, 6) is 0. The SMILES string of the molecule is CCC[CH2][Ti]([O]C)([O]C)[O]C. The summed E-state index contributed by atoms with van der Waals surface area (Å²) in [6, 6.07) is 0. The predicted octanol–water partition coefficient (Wildman–Crippen LogP) is 2.04. The van der Waals surface area contributed by atoms with Crippen molar-refractivity contribution in [3.05, 3.63) is 0 Å². The van der Waals surface area contributed by atoms with Crippen LogP contribution in [0.4, 0.5) is 0 Å². The van der Waals surface area contributed by atoms with Gasteiger partial charge in [-0.3, -0.25) is 0 Å². The molecule has 11 heavy (non-hydrogen) atoms. The molecular formula is C7H18O3Ti. The third kappa shape index (κ3) is 3.67. The van der Waals surface area contributed by atoms with E-state index in [4.69, 9.17) is 9.96 Å². The normalized spacial score (nSPS) is 12.0. The Hall–Kier alpha value is 0.594. The Bertz CT molecular complexity index is 85.4. The van der Waals surface area contributed by atoms with E-state index in [9.17, 15) is 0 Å². The number of hydrogen-bond donors (Lipinski definition) is 0. The summed E-state index contributed by atoms with van der Waals surface area (Å²) in [6.07, 6.45) is 2.28. The molecule has 0 heterocycles. The van der Waals surface area contributed by atoms with Crippen molar-refractivity contribution in [2.75, 3.05) is 21.3 Å². The van der Waals surface area contributed by atoms with E-state index in [0.29, 0.717) is 0 Å². The van der Waals surface area contributed by atoms with E-state index in [1.807, 2.05) is 0 Å². The first-order valence-electron chi connectivity index (χ1n) is 3.90. The molecule has 68 valence electrons. The summed E-state index contributed by atoms with van der Waals surface area (Å²) in [6.45, 7) is 2.15. The molecule has 0 radical (unpaired) electrons. The molecule has 0 amide bonds. The molecular weight excluding hydrogens is 180 g/mol. The van der Waals surface area contributed by atoms with Crippen molar-refractivity contribution in [3.8, 4) is 0 Å². The molecule has 0 aliphatic rings. The van der Waals surface area contributed by atoms with Crippen LogP contribution in [0.25, 0.3) is 0 Å². The molecule has 0 aromatic heterocycles. The van der Waals surface area contributed by atoms with Crippen LogP contribution in [0.3, 0.4) is 0 Å². The molecule has 0 aromatic carbocycles. The van der Waals surface area contributed by atoms with Gasteiger partial charge in [-0.1, -0.05) is 0 Å². The van der Waals surface area contributed by atoms with E-state index in [1.165, 1.54) is 0 Å². The van der Waals surface area contributed by atoms with Gasteiger partial charge in [0.15, 0.2) is 0 Å². The van der Waals surface area contributed by atoms with Crippen LogP contribution >= 0.6 is 0 Å². The minimum absolute atomic E-state index is 0.958. The van der Waals surface area contributed by atoms with Crippen molar-refractivity contribution in [2.24, 2.45) is 0 Å². The van der Waals surface area contributed by atoms with E-state index >= 15 is 0 Å². The van der Waals surface area contributed by atoms with Crippen molar-refractivity contribution in [3.63, 3.8) is 0 Å². The molecule has 0 rings (SSSR count). The van der Waals surface area contributed by atoms with Gasteiger partial charge in [0.1, 0.15) is 0 Å². The van der Waals surface area contributed by atoms with Gasteiger partial charge in [-0.2, -0.15) is 0 Å². The molecule has 0 aliphatic heterocycles. The standard InChI is InChI=1S/C4H9.3CH3O.Ti/c1-3-4-2;3*1-2;/h1,3-4H2,2H3;3*1H3;/q;3*-1;+3. The summed E-state index contributed by atoms with van der Waals surface area (Å²) in [5.41, 5.74) is 0. The molecule has 0 atom stereocenters. The van der Waals surface area contributed by atoms with Crippen LogP contribution < -0.4 is 0 Å². The summed E-state index contributed by atoms with van der Waals surface area (Å²) < 4.78 is 16.8. The zero-order valence-electron chi connectivity index (χ0n) is 7.85. The molecule has 0 unspecified atom stereocenters. The molecule has 0 saturated heterocycles. The Labute approximate surface area is 73.8 Å². The molecule has 0 aromatic rings. The molecule has 0 bridgehead atoms. The zero-order valence-corrected chi connectivity index (χ0v) is 9.41. The van der Waals surface area contributed by atoms with Crippen molar-refractivity contribution >= 4 is 0 Å². The minimum atomic E-state index is -2.73. The van der Waals surface area contributed by atoms with E-state index in [2.05, 4.69) is 6.92 Å². The zero-order chi connectivity index (χ0) is 8.74. The fourth-order valence-corrected chi connectivity index (χ4v) is 3.91. The second-order valence-electron chi connectivity index (χ2n) is 2.40. The summed E-state index contributed by atoms with van der Waals surface area (Å²) in [4.78, 5) is 0. The predicted molar refractivity (Wildman–Crippen MR) is 40.7 cm³/mol. The van der Waals surface area contributed by atoms with E-state index < -0.39 is 17.8 Å². The first-order valence-corrected chi connectivity index (χ1v) is 6.91. The average Bonchev–Trinajstić information content (AvgIpc) is 2.08. The van der Waals surface area contributed by atoms with Gasteiger partial charge >= 0.3 is 73.5 Å². The van der Waals surface area contributed by atoms with Crippen molar-refractivity contribution in [1.29, 1.82) is 0 Å². The Morgan fingerprint density at radius 1 is 1.00 bits per heavy atom. The van der Waals surface area contributed by atoms with Crippen LogP contribution in [-0.2, 0) is 27.7 Å². The Kier molecular flexibility index (Phi) is 6.48. The third-order valence-electron chi connectivity index (χ3n) is 1.77. The molecule has 0 aliphatic carbocycles. The first kappa shape index (κ1) is 11.6. The van der Waals surface area contributed by atoms with Crippen LogP contribution in [0.15, 0.2) is 0 Å². The molecule has 0 fully saturated rings. The van der Waals surface area contributed by atoms with Gasteiger partial charge in [-0.05, 0) is 0 Å². The van der Waals surface area contributed by atoms with Crippen LogP contribution in [-0.4, -0.2) is 21.3 Å². The monoisotopic (exact) mass is 198 g/mol. The first-order chi connectivity index (χ1) is 5.24. The molecule has 0 saturated carbocycles. The number of unbranched alkanes of at least 4 members (excludes halogenated alkanes) is 1. The second kappa shape index (κ2) is 6.15. The number of hydrogen-bond acceptors (Lipinski definition) is 3. The van der Waals surface area contributed by atoms with Crippen molar-refractivity contribution in [1.82, 2.24) is 0 Å². The Balaban J connectivity index is 3.84. The van der Waals surface area contributed by atoms with E-state index in [0.717, 1.165) is 17.6 Å². The van der Waals surface area contributed by atoms with Gasteiger partial charge in [0, 0.05) is 0 Å². The molecule has 4 heteroatoms. The van der Waals surface area contributed by atoms with Crippen LogP contribution in [0, 0.1) is 0 Å². The van der Waals surface area contributed by atoms with Crippen LogP contribution in [0.2, 0.25) is 4.73 Å². The Morgan fingerprint density at radius 3 is 1.73 bits per heavy atom. The fourth-order valence-electron chi connectivity index (χ4n) is 0.949. The Morgan fingerprint density at radius 2 is 1.45 bits per heavy atom. The second-order valence-corrected chi connectivity index (χ2v) is 7.23. The quantitative estimate of drug-likeness (QED) is 0.611. The molecule has 3 nitrogen and oxygen atoms in total. The van der Waals surface area contributed by atoms with E-state index in [-0.39, 0.29) is 0 Å². The van der Waals surface area contributed by atoms with Gasteiger partial charge in [-0.15, -0.1) is 0 Å². The van der Waals surface area contributed by atoms with E-state index in [1.54, 1.807) is 21.3 Å². The molecule has 0 spiro atoms. The van der Waals surface area contributed by atoms with Gasteiger partial charge in [0.05, 0.1) is 0 Å². The van der Waals surface area contributed by atoms with Crippen molar-refractivity contribution < 1.29 is 27.7 Å². The van der Waals surface area contributed by atoms with Crippen LogP contribution in [0.1, 0.15) is 19.8 Å². The fraction of sp³-hybridized carbons (Fsp3) is 1.00. The van der Waals surface area contributed by atoms with Gasteiger partial charge < -0.3 is 0 Å². The van der Waals surface area contributed by atoms with Gasteiger partial charge in [-0.25, -0.2) is 0 Å². The summed E-state index contributed by atoms with van der Waals surface area (Å²) in [7, 11) is 5.01. The van der Waals surface area contributed by atoms with Crippen molar-refractivity contribution in [2.45, 2.75) is 24.5 Å². The van der Waals surface area contributed by atoms with Gasteiger partial charge in [0.25, 0.3) is 0 Å². The summed E-state index contributed by atoms with van der Waals surface area (Å²) in [5, 5.41) is 0. The molecule has 0 N–H and O–H groups in total. The maximum atomic E-state index is 5.28. The maximum absolute atomic E-state index is 5.28. The average molecular weight is 198 g/mol. The van der Waals surface area contributed by atoms with Gasteiger partial charge in [0.2, 0.25) is 0 Å². The summed E-state index contributed by atoms with van der Waals surface area (Å²) >= 11 is -2.73. The van der Waals surface area contributed by atoms with Crippen LogP contribution in [0.5, 0.6) is 0 Å². The number of rotatable bonds is 6. The topological polar surface area (TPSA) is 27.7 Å².